The first kappa shape index (κ1) is 23.4. The van der Waals surface area contributed by atoms with Crippen LogP contribution in [-0.4, -0.2) is 53.7 Å². The molecule has 35 heavy (non-hydrogen) atoms. The van der Waals surface area contributed by atoms with Gasteiger partial charge in [0.2, 0.25) is 5.91 Å². The number of ether oxygens (including phenoxy) is 1. The highest BCUT2D eigenvalue weighted by Gasteiger charge is 2.47. The Balaban J connectivity index is 1.15. The van der Waals surface area contributed by atoms with E-state index in [1.54, 1.807) is 4.90 Å². The molecular formula is C28H32N2O5. The molecule has 3 atom stereocenters. The summed E-state index contributed by atoms with van der Waals surface area (Å²) in [6.45, 7) is 4.75. The van der Waals surface area contributed by atoms with E-state index in [-0.39, 0.29) is 36.9 Å². The summed E-state index contributed by atoms with van der Waals surface area (Å²) in [7, 11) is 0. The fraction of sp³-hybridized carbons (Fsp3) is 0.464. The minimum Gasteiger partial charge on any atom is -0.481 e. The SMILES string of the molecule is CC1(C)CN(C(=O)C2CCC(NC(=O)OCC3c4ccccc4-c4ccccc43)C2)CC1C(=O)O. The van der Waals surface area contributed by atoms with Crippen LogP contribution in [0.4, 0.5) is 4.79 Å². The summed E-state index contributed by atoms with van der Waals surface area (Å²) >= 11 is 0. The molecule has 2 N–H and O–H groups in total. The number of alkyl carbamates (subject to hydrolysis) is 1. The molecule has 1 heterocycles. The number of carbonyl (C=O) groups excluding carboxylic acids is 2. The maximum absolute atomic E-state index is 13.1. The second-order valence-corrected chi connectivity index (χ2v) is 10.8. The lowest BCUT2D eigenvalue weighted by atomic mass is 9.82. The van der Waals surface area contributed by atoms with Crippen molar-refractivity contribution in [2.75, 3.05) is 19.7 Å². The summed E-state index contributed by atoms with van der Waals surface area (Å²) < 4.78 is 5.65. The number of amides is 2. The smallest absolute Gasteiger partial charge is 0.407 e. The molecule has 2 amide bonds. The highest BCUT2D eigenvalue weighted by atomic mass is 16.5. The van der Waals surface area contributed by atoms with E-state index in [4.69, 9.17) is 4.74 Å². The molecule has 184 valence electrons. The van der Waals surface area contributed by atoms with Crippen LogP contribution in [0.1, 0.15) is 50.2 Å². The van der Waals surface area contributed by atoms with Gasteiger partial charge < -0.3 is 20.1 Å². The number of likely N-dealkylation sites (tertiary alicyclic amines) is 1. The lowest BCUT2D eigenvalue weighted by molar-refractivity contribution is -0.144. The van der Waals surface area contributed by atoms with Crippen LogP contribution in [0.25, 0.3) is 11.1 Å². The number of fused-ring (bicyclic) bond motifs is 3. The molecule has 2 aromatic rings. The maximum Gasteiger partial charge on any atom is 0.407 e. The van der Waals surface area contributed by atoms with Crippen LogP contribution >= 0.6 is 0 Å². The van der Waals surface area contributed by atoms with E-state index in [0.717, 1.165) is 0 Å². The van der Waals surface area contributed by atoms with Gasteiger partial charge in [0.1, 0.15) is 6.61 Å². The van der Waals surface area contributed by atoms with E-state index in [2.05, 4.69) is 29.6 Å². The van der Waals surface area contributed by atoms with Gasteiger partial charge in [0.15, 0.2) is 0 Å². The zero-order valence-corrected chi connectivity index (χ0v) is 20.2. The van der Waals surface area contributed by atoms with E-state index in [0.29, 0.717) is 25.8 Å². The topological polar surface area (TPSA) is 95.9 Å². The van der Waals surface area contributed by atoms with Gasteiger partial charge in [-0.2, -0.15) is 0 Å². The number of hydrogen-bond donors (Lipinski definition) is 2. The predicted octanol–water partition coefficient (Wildman–Crippen LogP) is 4.26. The van der Waals surface area contributed by atoms with Gasteiger partial charge in [0, 0.05) is 31.0 Å². The van der Waals surface area contributed by atoms with Crippen LogP contribution in [0.2, 0.25) is 0 Å². The quantitative estimate of drug-likeness (QED) is 0.672. The minimum atomic E-state index is -0.855. The van der Waals surface area contributed by atoms with Gasteiger partial charge in [-0.3, -0.25) is 9.59 Å². The fourth-order valence-corrected chi connectivity index (χ4v) is 6.12. The molecule has 0 spiro atoms. The molecule has 7 nitrogen and oxygen atoms in total. The van der Waals surface area contributed by atoms with Gasteiger partial charge in [-0.25, -0.2) is 4.79 Å². The van der Waals surface area contributed by atoms with Gasteiger partial charge in [0.25, 0.3) is 0 Å². The molecule has 3 aliphatic rings. The molecule has 2 aliphatic carbocycles. The first-order chi connectivity index (χ1) is 16.7. The molecule has 0 bridgehead atoms. The molecule has 0 aromatic heterocycles. The normalized spacial score (nSPS) is 24.6. The number of carboxylic acid groups (broad SMARTS) is 1. The van der Waals surface area contributed by atoms with E-state index < -0.39 is 23.4 Å². The second kappa shape index (κ2) is 9.02. The molecule has 5 rings (SSSR count). The van der Waals surface area contributed by atoms with Crippen molar-refractivity contribution in [3.8, 4) is 11.1 Å². The molecule has 2 aromatic carbocycles. The first-order valence-corrected chi connectivity index (χ1v) is 12.4. The number of nitrogens with zero attached hydrogens (tertiary/aromatic N) is 1. The van der Waals surface area contributed by atoms with Crippen LogP contribution in [0, 0.1) is 17.3 Å². The Labute approximate surface area is 205 Å². The zero-order valence-electron chi connectivity index (χ0n) is 20.2. The number of aliphatic carboxylic acids is 1. The molecule has 1 aliphatic heterocycles. The van der Waals surface area contributed by atoms with Gasteiger partial charge >= 0.3 is 12.1 Å². The third-order valence-electron chi connectivity index (χ3n) is 8.00. The van der Waals surface area contributed by atoms with Gasteiger partial charge in [-0.1, -0.05) is 62.4 Å². The first-order valence-electron chi connectivity index (χ1n) is 12.4. The van der Waals surface area contributed by atoms with Crippen molar-refractivity contribution in [1.82, 2.24) is 10.2 Å². The number of carboxylic acids is 1. The lowest BCUT2D eigenvalue weighted by Crippen LogP contribution is -2.37. The van der Waals surface area contributed by atoms with Crippen molar-refractivity contribution in [3.05, 3.63) is 59.7 Å². The van der Waals surface area contributed by atoms with Crippen molar-refractivity contribution in [2.45, 2.75) is 45.1 Å². The Hall–Kier alpha value is -3.35. The second-order valence-electron chi connectivity index (χ2n) is 10.8. The number of rotatable bonds is 5. The molecule has 3 unspecified atom stereocenters. The Morgan fingerprint density at radius 3 is 2.26 bits per heavy atom. The van der Waals surface area contributed by atoms with E-state index >= 15 is 0 Å². The highest BCUT2D eigenvalue weighted by Crippen LogP contribution is 2.44. The van der Waals surface area contributed by atoms with Crippen LogP contribution in [0.5, 0.6) is 0 Å². The van der Waals surface area contributed by atoms with E-state index in [1.165, 1.54) is 22.3 Å². The van der Waals surface area contributed by atoms with E-state index in [1.807, 2.05) is 38.1 Å². The summed E-state index contributed by atoms with van der Waals surface area (Å²) in [6.07, 6.45) is 1.48. The summed E-state index contributed by atoms with van der Waals surface area (Å²) in [4.78, 5) is 38.9. The monoisotopic (exact) mass is 476 g/mol. The van der Waals surface area contributed by atoms with Crippen LogP contribution in [0.3, 0.4) is 0 Å². The van der Waals surface area contributed by atoms with Crippen molar-refractivity contribution in [2.24, 2.45) is 17.3 Å². The zero-order chi connectivity index (χ0) is 24.7. The Kier molecular flexibility index (Phi) is 6.03. The number of nitrogens with one attached hydrogen (secondary N) is 1. The maximum atomic E-state index is 13.1. The lowest BCUT2D eigenvalue weighted by Gasteiger charge is -2.23. The average Bonchev–Trinajstić information content (AvgIpc) is 3.51. The van der Waals surface area contributed by atoms with Gasteiger partial charge in [0.05, 0.1) is 5.92 Å². The van der Waals surface area contributed by atoms with Crippen LogP contribution < -0.4 is 5.32 Å². The Bertz CT molecular complexity index is 1110. The summed E-state index contributed by atoms with van der Waals surface area (Å²) in [5.41, 5.74) is 4.26. The van der Waals surface area contributed by atoms with Crippen LogP contribution in [-0.2, 0) is 14.3 Å². The molecule has 0 radical (unpaired) electrons. The molecule has 7 heteroatoms. The Morgan fingerprint density at radius 2 is 1.66 bits per heavy atom. The van der Waals surface area contributed by atoms with Crippen LogP contribution in [0.15, 0.2) is 48.5 Å². The number of benzene rings is 2. The summed E-state index contributed by atoms with van der Waals surface area (Å²) in [6, 6.07) is 16.3. The highest BCUT2D eigenvalue weighted by molar-refractivity contribution is 5.82. The third-order valence-corrected chi connectivity index (χ3v) is 8.00. The summed E-state index contributed by atoms with van der Waals surface area (Å²) in [5, 5.41) is 12.4. The van der Waals surface area contributed by atoms with Crippen molar-refractivity contribution in [1.29, 1.82) is 0 Å². The molecule has 2 fully saturated rings. The number of hydrogen-bond acceptors (Lipinski definition) is 4. The largest absolute Gasteiger partial charge is 0.481 e. The van der Waals surface area contributed by atoms with Crippen molar-refractivity contribution in [3.63, 3.8) is 0 Å². The standard InChI is InChI=1S/C28H32N2O5/c1-28(2)16-30(14-24(28)26(32)33)25(31)17-11-12-18(13-17)29-27(34)35-15-23-21-9-5-3-7-19(21)20-8-4-6-10-22(20)23/h3-10,17-18,23-24H,11-16H2,1-2H3,(H,29,34)(H,32,33). The van der Waals surface area contributed by atoms with Crippen molar-refractivity contribution >= 4 is 18.0 Å². The minimum absolute atomic E-state index is 0.00124. The fourth-order valence-electron chi connectivity index (χ4n) is 6.12. The molecule has 1 saturated carbocycles. The number of carbonyl (C=O) groups is 3. The van der Waals surface area contributed by atoms with E-state index in [9.17, 15) is 19.5 Å². The van der Waals surface area contributed by atoms with Crippen molar-refractivity contribution < 1.29 is 24.2 Å². The average molecular weight is 477 g/mol. The third kappa shape index (κ3) is 4.40. The summed E-state index contributed by atoms with van der Waals surface area (Å²) in [5.74, 6) is -1.60. The molecule has 1 saturated heterocycles. The van der Waals surface area contributed by atoms with Gasteiger partial charge in [-0.15, -0.1) is 0 Å². The predicted molar refractivity (Wildman–Crippen MR) is 131 cm³/mol. The van der Waals surface area contributed by atoms with Gasteiger partial charge in [-0.05, 0) is 46.9 Å². The Morgan fingerprint density at radius 1 is 1.03 bits per heavy atom. The molecular weight excluding hydrogens is 444 g/mol.